The van der Waals surface area contributed by atoms with Gasteiger partial charge in [0.2, 0.25) is 11.9 Å². The number of nitrogens with one attached hydrogen (secondary N) is 3. The number of carbonyl (C=O) groups excluding carboxylic acids is 2. The quantitative estimate of drug-likeness (QED) is 0.315. The Bertz CT molecular complexity index is 1040. The summed E-state index contributed by atoms with van der Waals surface area (Å²) in [6, 6.07) is 7.10. The Hall–Kier alpha value is -3.73. The molecule has 0 atom stereocenters. The van der Waals surface area contributed by atoms with E-state index < -0.39 is 5.97 Å². The second-order valence-electron chi connectivity index (χ2n) is 6.05. The van der Waals surface area contributed by atoms with Crippen molar-refractivity contribution in [3.8, 4) is 0 Å². The van der Waals surface area contributed by atoms with Crippen molar-refractivity contribution in [3.63, 3.8) is 0 Å². The van der Waals surface area contributed by atoms with Crippen LogP contribution in [-0.4, -0.2) is 40.5 Å². The number of nitrogens with two attached hydrogens (primary N) is 1. The minimum atomic E-state index is -0.431. The van der Waals surface area contributed by atoms with E-state index in [9.17, 15) is 9.59 Å². The molecule has 3 rings (SSSR count). The van der Waals surface area contributed by atoms with Crippen molar-refractivity contribution in [1.82, 2.24) is 15.0 Å². The number of ether oxygens (including phenoxy) is 1. The van der Waals surface area contributed by atoms with Crippen LogP contribution in [0.4, 0.5) is 28.3 Å². The second-order valence-corrected chi connectivity index (χ2v) is 7.08. The first-order valence-corrected chi connectivity index (χ1v) is 9.89. The van der Waals surface area contributed by atoms with Crippen LogP contribution in [0.3, 0.4) is 0 Å². The first-order chi connectivity index (χ1) is 14.5. The van der Waals surface area contributed by atoms with Crippen LogP contribution in [0.1, 0.15) is 22.2 Å². The van der Waals surface area contributed by atoms with Crippen LogP contribution < -0.4 is 21.7 Å². The molecule has 0 bridgehead atoms. The van der Waals surface area contributed by atoms with Gasteiger partial charge in [0.1, 0.15) is 10.6 Å². The Balaban J connectivity index is 1.66. The van der Waals surface area contributed by atoms with Gasteiger partial charge in [0, 0.05) is 12.7 Å². The molecular formula is C19H21N7O3S. The Morgan fingerprint density at radius 3 is 2.63 bits per heavy atom. The van der Waals surface area contributed by atoms with E-state index in [2.05, 4.69) is 30.9 Å². The molecule has 0 saturated carbocycles. The summed E-state index contributed by atoms with van der Waals surface area (Å²) < 4.78 is 4.95. The van der Waals surface area contributed by atoms with Gasteiger partial charge in [-0.3, -0.25) is 10.1 Å². The summed E-state index contributed by atoms with van der Waals surface area (Å²) in [5, 5.41) is 9.09. The Morgan fingerprint density at radius 1 is 1.17 bits per heavy atom. The third-order valence-electron chi connectivity index (χ3n) is 3.85. The first-order valence-electron chi connectivity index (χ1n) is 9.07. The number of amides is 1. The van der Waals surface area contributed by atoms with Gasteiger partial charge in [0.15, 0.2) is 10.9 Å². The number of hydrogen-bond donors (Lipinski definition) is 4. The molecule has 0 radical (unpaired) electrons. The predicted molar refractivity (Wildman–Crippen MR) is 116 cm³/mol. The van der Waals surface area contributed by atoms with Crippen LogP contribution in [0.25, 0.3) is 0 Å². The van der Waals surface area contributed by atoms with Gasteiger partial charge in [-0.05, 0) is 24.6 Å². The number of aromatic nitrogens is 3. The molecule has 2 aromatic heterocycles. The van der Waals surface area contributed by atoms with E-state index in [4.69, 9.17) is 10.5 Å². The van der Waals surface area contributed by atoms with Crippen molar-refractivity contribution in [2.45, 2.75) is 13.3 Å². The summed E-state index contributed by atoms with van der Waals surface area (Å²) >= 11 is 1.13. The highest BCUT2D eigenvalue weighted by Crippen LogP contribution is 2.24. The molecule has 1 amide bonds. The van der Waals surface area contributed by atoms with E-state index in [1.54, 1.807) is 38.2 Å². The fraction of sp³-hybridized carbons (Fsp3) is 0.211. The molecule has 0 fully saturated rings. The Morgan fingerprint density at radius 2 is 1.93 bits per heavy atom. The minimum absolute atomic E-state index is 0.194. The normalized spacial score (nSPS) is 10.3. The van der Waals surface area contributed by atoms with Crippen LogP contribution in [0.5, 0.6) is 0 Å². The SMILES string of the molecule is CCOC(=O)c1cnc(Nc2ncc(NC(=O)Cc3ccc(N)cc3)c(NC)n2)s1. The number of esters is 1. The molecule has 10 nitrogen and oxygen atoms in total. The highest BCUT2D eigenvalue weighted by atomic mass is 32.1. The smallest absolute Gasteiger partial charge is 0.350 e. The topological polar surface area (TPSA) is 144 Å². The summed E-state index contributed by atoms with van der Waals surface area (Å²) in [6.45, 7) is 2.03. The summed E-state index contributed by atoms with van der Waals surface area (Å²) in [7, 11) is 1.68. The van der Waals surface area contributed by atoms with Crippen molar-refractivity contribution in [2.75, 3.05) is 35.3 Å². The van der Waals surface area contributed by atoms with Crippen LogP contribution in [0.15, 0.2) is 36.7 Å². The molecule has 0 aliphatic heterocycles. The van der Waals surface area contributed by atoms with Gasteiger partial charge in [-0.25, -0.2) is 14.8 Å². The zero-order chi connectivity index (χ0) is 21.5. The highest BCUT2D eigenvalue weighted by Gasteiger charge is 2.14. The monoisotopic (exact) mass is 427 g/mol. The average Bonchev–Trinajstić information content (AvgIpc) is 3.19. The van der Waals surface area contributed by atoms with E-state index in [0.29, 0.717) is 33.8 Å². The highest BCUT2D eigenvalue weighted by molar-refractivity contribution is 7.17. The van der Waals surface area contributed by atoms with Crippen LogP contribution in [0.2, 0.25) is 0 Å². The maximum atomic E-state index is 12.3. The van der Waals surface area contributed by atoms with Crippen molar-refractivity contribution in [2.24, 2.45) is 0 Å². The Kier molecular flexibility index (Phi) is 6.75. The number of nitrogen functional groups attached to an aromatic ring is 1. The summed E-state index contributed by atoms with van der Waals surface area (Å²) in [6.07, 6.45) is 3.11. The zero-order valence-electron chi connectivity index (χ0n) is 16.4. The van der Waals surface area contributed by atoms with Gasteiger partial charge < -0.3 is 21.1 Å². The third-order valence-corrected chi connectivity index (χ3v) is 4.74. The largest absolute Gasteiger partial charge is 0.462 e. The number of benzene rings is 1. The third kappa shape index (κ3) is 5.41. The molecule has 1 aromatic carbocycles. The number of rotatable bonds is 8. The van der Waals surface area contributed by atoms with Gasteiger partial charge in [-0.2, -0.15) is 4.98 Å². The molecule has 2 heterocycles. The van der Waals surface area contributed by atoms with Gasteiger partial charge >= 0.3 is 5.97 Å². The fourth-order valence-corrected chi connectivity index (χ4v) is 3.17. The maximum absolute atomic E-state index is 12.3. The number of nitrogens with zero attached hydrogens (tertiary/aromatic N) is 3. The number of carbonyl (C=O) groups is 2. The van der Waals surface area contributed by atoms with Crippen molar-refractivity contribution >= 4 is 51.5 Å². The Labute approximate surface area is 176 Å². The molecule has 5 N–H and O–H groups in total. The molecule has 3 aromatic rings. The number of anilines is 5. The van der Waals surface area contributed by atoms with Gasteiger partial charge in [-0.1, -0.05) is 23.5 Å². The molecular weight excluding hydrogens is 406 g/mol. The summed E-state index contributed by atoms with van der Waals surface area (Å²) in [5.74, 6) is 0.0552. The zero-order valence-corrected chi connectivity index (χ0v) is 17.2. The van der Waals surface area contributed by atoms with E-state index in [-0.39, 0.29) is 18.3 Å². The lowest BCUT2D eigenvalue weighted by Gasteiger charge is -2.11. The standard InChI is InChI=1S/C19H21N7O3S/c1-3-29-17(28)14-10-23-19(30-14)26-18-22-9-13(16(21-2)25-18)24-15(27)8-11-4-6-12(20)7-5-11/h4-7,9-10H,3,8,20H2,1-2H3,(H,24,27)(H2,21,22,23,25,26). The van der Waals surface area contributed by atoms with Crippen molar-refractivity contribution < 1.29 is 14.3 Å². The summed E-state index contributed by atoms with van der Waals surface area (Å²) in [4.78, 5) is 37.1. The lowest BCUT2D eigenvalue weighted by atomic mass is 10.1. The molecule has 0 saturated heterocycles. The maximum Gasteiger partial charge on any atom is 0.350 e. The first kappa shape index (κ1) is 21.0. The molecule has 156 valence electrons. The van der Waals surface area contributed by atoms with Crippen molar-refractivity contribution in [1.29, 1.82) is 0 Å². The van der Waals surface area contributed by atoms with Crippen LogP contribution in [0, 0.1) is 0 Å². The molecule has 11 heteroatoms. The molecule has 0 aliphatic carbocycles. The minimum Gasteiger partial charge on any atom is -0.462 e. The lowest BCUT2D eigenvalue weighted by molar-refractivity contribution is -0.115. The summed E-state index contributed by atoms with van der Waals surface area (Å²) in [5.41, 5.74) is 7.58. The fourth-order valence-electron chi connectivity index (χ4n) is 2.46. The van der Waals surface area contributed by atoms with Gasteiger partial charge in [0.05, 0.1) is 25.4 Å². The molecule has 0 unspecified atom stereocenters. The lowest BCUT2D eigenvalue weighted by Crippen LogP contribution is -2.16. The molecule has 0 spiro atoms. The average molecular weight is 427 g/mol. The van der Waals surface area contributed by atoms with Crippen LogP contribution in [-0.2, 0) is 16.0 Å². The molecule has 30 heavy (non-hydrogen) atoms. The van der Waals surface area contributed by atoms with Gasteiger partial charge in [0.25, 0.3) is 0 Å². The molecule has 0 aliphatic rings. The number of hydrogen-bond acceptors (Lipinski definition) is 10. The second kappa shape index (κ2) is 9.65. The van der Waals surface area contributed by atoms with E-state index in [1.165, 1.54) is 12.4 Å². The van der Waals surface area contributed by atoms with Gasteiger partial charge in [-0.15, -0.1) is 0 Å². The van der Waals surface area contributed by atoms with Crippen LogP contribution >= 0.6 is 11.3 Å². The van der Waals surface area contributed by atoms with E-state index in [0.717, 1.165) is 16.9 Å². The number of thiazole rings is 1. The predicted octanol–water partition coefficient (Wildman–Crippen LogP) is 2.66. The van der Waals surface area contributed by atoms with E-state index in [1.807, 2.05) is 0 Å². The van der Waals surface area contributed by atoms with Crippen molar-refractivity contribution in [3.05, 3.63) is 47.1 Å². The van der Waals surface area contributed by atoms with E-state index >= 15 is 0 Å².